The quantitative estimate of drug-likeness (QED) is 0.712. The number of carbonyl (C=O) groups is 2. The van der Waals surface area contributed by atoms with Gasteiger partial charge in [0.05, 0.1) is 22.6 Å². The first-order valence-corrected chi connectivity index (χ1v) is 8.32. The highest BCUT2D eigenvalue weighted by Crippen LogP contribution is 2.37. The number of ether oxygens (including phenoxy) is 2. The Hall–Kier alpha value is -1.50. The van der Waals surface area contributed by atoms with Crippen LogP contribution in [0, 0.1) is 11.8 Å². The summed E-state index contributed by atoms with van der Waals surface area (Å²) < 4.78 is 10.3. The largest absolute Gasteiger partial charge is 0.488 e. The van der Waals surface area contributed by atoms with Gasteiger partial charge in [-0.05, 0) is 31.4 Å². The Labute approximate surface area is 150 Å². The molecule has 0 saturated heterocycles. The smallest absolute Gasteiger partial charge is 0.306 e. The molecule has 6 nitrogen and oxygen atoms in total. The van der Waals surface area contributed by atoms with Crippen molar-refractivity contribution in [2.45, 2.75) is 19.3 Å². The van der Waals surface area contributed by atoms with Crippen LogP contribution in [-0.4, -0.2) is 37.3 Å². The van der Waals surface area contributed by atoms with Crippen LogP contribution in [-0.2, 0) is 14.3 Å². The van der Waals surface area contributed by atoms with E-state index in [0.29, 0.717) is 43.9 Å². The summed E-state index contributed by atoms with van der Waals surface area (Å²) in [4.78, 5) is 23.2. The maximum atomic E-state index is 12.3. The first-order chi connectivity index (χ1) is 11.4. The van der Waals surface area contributed by atoms with Gasteiger partial charge in [0.15, 0.2) is 5.75 Å². The fourth-order valence-corrected chi connectivity index (χ4v) is 3.28. The van der Waals surface area contributed by atoms with Gasteiger partial charge in [0.25, 0.3) is 0 Å². The van der Waals surface area contributed by atoms with E-state index in [1.165, 1.54) is 0 Å². The Balaban J connectivity index is 2.00. The fourth-order valence-electron chi connectivity index (χ4n) is 2.69. The number of hydrogen-bond acceptors (Lipinski definition) is 4. The van der Waals surface area contributed by atoms with E-state index in [1.54, 1.807) is 19.2 Å². The molecule has 0 bridgehead atoms. The molecule has 0 radical (unpaired) electrons. The summed E-state index contributed by atoms with van der Waals surface area (Å²) in [6, 6.07) is 3.11. The lowest BCUT2D eigenvalue weighted by atomic mass is 10.0. The molecule has 132 valence electrons. The fraction of sp³-hybridized carbons (Fsp3) is 0.500. The molecule has 1 fully saturated rings. The molecule has 0 aliphatic heterocycles. The Morgan fingerprint density at radius 3 is 2.38 bits per heavy atom. The lowest BCUT2D eigenvalue weighted by Crippen LogP contribution is -2.21. The first kappa shape index (κ1) is 18.8. The molecule has 1 saturated carbocycles. The number of benzene rings is 1. The van der Waals surface area contributed by atoms with E-state index in [1.807, 2.05) is 0 Å². The number of aliphatic carboxylic acids is 1. The van der Waals surface area contributed by atoms with Crippen LogP contribution in [0.15, 0.2) is 12.1 Å². The highest BCUT2D eigenvalue weighted by molar-refractivity contribution is 6.37. The Bertz CT molecular complexity index is 599. The second-order valence-electron chi connectivity index (χ2n) is 5.64. The van der Waals surface area contributed by atoms with Crippen molar-refractivity contribution in [1.29, 1.82) is 0 Å². The van der Waals surface area contributed by atoms with Crippen LogP contribution >= 0.6 is 23.2 Å². The van der Waals surface area contributed by atoms with Crippen molar-refractivity contribution in [2.24, 2.45) is 11.8 Å². The van der Waals surface area contributed by atoms with Crippen molar-refractivity contribution in [3.63, 3.8) is 0 Å². The summed E-state index contributed by atoms with van der Waals surface area (Å²) in [5.41, 5.74) is 0.452. The van der Waals surface area contributed by atoms with Crippen molar-refractivity contribution in [2.75, 3.05) is 25.6 Å². The average Bonchev–Trinajstić information content (AvgIpc) is 3.00. The molecular formula is C16H19Cl2NO5. The van der Waals surface area contributed by atoms with E-state index in [9.17, 15) is 9.59 Å². The van der Waals surface area contributed by atoms with Gasteiger partial charge in [0.2, 0.25) is 5.91 Å². The molecule has 2 N–H and O–H groups in total. The summed E-state index contributed by atoms with van der Waals surface area (Å²) >= 11 is 12.3. The van der Waals surface area contributed by atoms with E-state index < -0.39 is 11.9 Å². The number of carboxylic acids is 1. The molecule has 24 heavy (non-hydrogen) atoms. The molecule has 0 spiro atoms. The number of nitrogens with one attached hydrogen (secondary N) is 1. The molecule has 1 aromatic carbocycles. The average molecular weight is 376 g/mol. The van der Waals surface area contributed by atoms with Crippen LogP contribution in [0.25, 0.3) is 0 Å². The Kier molecular flexibility index (Phi) is 6.71. The SMILES string of the molecule is COCCOc1c(Cl)cc(NC(=O)[C@@H]2CC[C@H](C(=O)O)C2)cc1Cl. The van der Waals surface area contributed by atoms with Gasteiger partial charge in [0, 0.05) is 18.7 Å². The molecule has 2 rings (SSSR count). The van der Waals surface area contributed by atoms with Gasteiger partial charge in [0.1, 0.15) is 6.61 Å². The normalized spacial score (nSPS) is 20.0. The van der Waals surface area contributed by atoms with E-state index >= 15 is 0 Å². The zero-order valence-electron chi connectivity index (χ0n) is 13.2. The van der Waals surface area contributed by atoms with Crippen LogP contribution in [0.4, 0.5) is 5.69 Å². The van der Waals surface area contributed by atoms with Gasteiger partial charge in [-0.1, -0.05) is 23.2 Å². The zero-order chi connectivity index (χ0) is 17.7. The van der Waals surface area contributed by atoms with E-state index in [-0.39, 0.29) is 21.9 Å². The second kappa shape index (κ2) is 8.55. The minimum Gasteiger partial charge on any atom is -0.488 e. The minimum atomic E-state index is -0.853. The molecule has 1 aromatic rings. The lowest BCUT2D eigenvalue weighted by molar-refractivity contribution is -0.141. The van der Waals surface area contributed by atoms with Crippen LogP contribution in [0.1, 0.15) is 19.3 Å². The maximum Gasteiger partial charge on any atom is 0.306 e. The third-order valence-corrected chi connectivity index (χ3v) is 4.51. The van der Waals surface area contributed by atoms with Gasteiger partial charge < -0.3 is 19.9 Å². The molecular weight excluding hydrogens is 357 g/mol. The van der Waals surface area contributed by atoms with Gasteiger partial charge in [-0.3, -0.25) is 9.59 Å². The zero-order valence-corrected chi connectivity index (χ0v) is 14.7. The highest BCUT2D eigenvalue weighted by atomic mass is 35.5. The molecule has 0 heterocycles. The molecule has 0 aromatic heterocycles. The predicted molar refractivity (Wildman–Crippen MR) is 90.9 cm³/mol. The molecule has 1 amide bonds. The van der Waals surface area contributed by atoms with Crippen molar-refractivity contribution >= 4 is 40.8 Å². The highest BCUT2D eigenvalue weighted by Gasteiger charge is 2.33. The Morgan fingerprint density at radius 2 is 1.83 bits per heavy atom. The molecule has 0 unspecified atom stereocenters. The van der Waals surface area contributed by atoms with Crippen LogP contribution in [0.2, 0.25) is 10.0 Å². The topological polar surface area (TPSA) is 84.9 Å². The lowest BCUT2D eigenvalue weighted by Gasteiger charge is -2.14. The number of halogens is 2. The van der Waals surface area contributed by atoms with E-state index in [2.05, 4.69) is 5.32 Å². The van der Waals surface area contributed by atoms with Gasteiger partial charge in [-0.25, -0.2) is 0 Å². The number of amides is 1. The van der Waals surface area contributed by atoms with Crippen molar-refractivity contribution < 1.29 is 24.2 Å². The first-order valence-electron chi connectivity index (χ1n) is 7.56. The monoisotopic (exact) mass is 375 g/mol. The van der Waals surface area contributed by atoms with Gasteiger partial charge in [-0.2, -0.15) is 0 Å². The summed E-state index contributed by atoms with van der Waals surface area (Å²) in [6.45, 7) is 0.706. The van der Waals surface area contributed by atoms with Gasteiger partial charge in [-0.15, -0.1) is 0 Å². The summed E-state index contributed by atoms with van der Waals surface area (Å²) in [7, 11) is 1.56. The molecule has 1 aliphatic rings. The molecule has 2 atom stereocenters. The van der Waals surface area contributed by atoms with E-state index in [4.69, 9.17) is 37.8 Å². The molecule has 1 aliphatic carbocycles. The number of rotatable bonds is 7. The number of methoxy groups -OCH3 is 1. The number of carbonyl (C=O) groups excluding carboxylic acids is 1. The Morgan fingerprint density at radius 1 is 1.21 bits per heavy atom. The van der Waals surface area contributed by atoms with Crippen molar-refractivity contribution in [3.8, 4) is 5.75 Å². The standard InChI is InChI=1S/C16H19Cl2NO5/c1-23-4-5-24-14-12(17)7-11(8-13(14)18)19-15(20)9-2-3-10(6-9)16(21)22/h7-10H,2-6H2,1H3,(H,19,20)(H,21,22)/t9-,10+/m1/s1. The summed E-state index contributed by atoms with van der Waals surface area (Å²) in [6.07, 6.45) is 1.42. The third-order valence-electron chi connectivity index (χ3n) is 3.95. The number of anilines is 1. The van der Waals surface area contributed by atoms with Crippen molar-refractivity contribution in [3.05, 3.63) is 22.2 Å². The third kappa shape index (κ3) is 4.75. The van der Waals surface area contributed by atoms with Crippen LogP contribution < -0.4 is 10.1 Å². The number of hydrogen-bond donors (Lipinski definition) is 2. The van der Waals surface area contributed by atoms with Crippen LogP contribution in [0.3, 0.4) is 0 Å². The summed E-state index contributed by atoms with van der Waals surface area (Å²) in [5.74, 6) is -1.51. The second-order valence-corrected chi connectivity index (χ2v) is 6.46. The van der Waals surface area contributed by atoms with Crippen LogP contribution in [0.5, 0.6) is 5.75 Å². The molecule has 8 heteroatoms. The summed E-state index contributed by atoms with van der Waals surface area (Å²) in [5, 5.41) is 12.3. The van der Waals surface area contributed by atoms with Gasteiger partial charge >= 0.3 is 5.97 Å². The van der Waals surface area contributed by atoms with Crippen molar-refractivity contribution in [1.82, 2.24) is 0 Å². The maximum absolute atomic E-state index is 12.3. The van der Waals surface area contributed by atoms with E-state index in [0.717, 1.165) is 0 Å². The minimum absolute atomic E-state index is 0.223. The predicted octanol–water partition coefficient (Wildman–Crippen LogP) is 3.46. The number of carboxylic acid groups (broad SMARTS) is 1.